The third kappa shape index (κ3) is 2.90. The standard InChI is InChI=1S/C14H9F3O3/c15-10-5-4-8(6-9(10)14(18)19)7-20-12-3-1-2-11(16)13(12)17/h1-6H,7H2,(H,18,19). The second kappa shape index (κ2) is 5.64. The van der Waals surface area contributed by atoms with Gasteiger partial charge in [-0.3, -0.25) is 0 Å². The molecule has 0 bridgehead atoms. The van der Waals surface area contributed by atoms with Gasteiger partial charge in [-0.05, 0) is 29.8 Å². The molecule has 0 aromatic heterocycles. The van der Waals surface area contributed by atoms with Crippen molar-refractivity contribution in [2.75, 3.05) is 0 Å². The van der Waals surface area contributed by atoms with Crippen LogP contribution in [0, 0.1) is 17.5 Å². The minimum absolute atomic E-state index is 0.207. The Balaban J connectivity index is 2.17. The minimum atomic E-state index is -1.42. The summed E-state index contributed by atoms with van der Waals surface area (Å²) in [6.45, 7) is -0.207. The molecular weight excluding hydrogens is 273 g/mol. The third-order valence-corrected chi connectivity index (χ3v) is 2.57. The molecule has 20 heavy (non-hydrogen) atoms. The largest absolute Gasteiger partial charge is 0.486 e. The number of rotatable bonds is 4. The molecule has 0 fully saturated rings. The number of benzene rings is 2. The quantitative estimate of drug-likeness (QED) is 0.935. The highest BCUT2D eigenvalue weighted by Crippen LogP contribution is 2.21. The summed E-state index contributed by atoms with van der Waals surface area (Å²) in [4.78, 5) is 10.8. The van der Waals surface area contributed by atoms with Gasteiger partial charge in [0.25, 0.3) is 0 Å². The van der Waals surface area contributed by atoms with Crippen LogP contribution in [0.2, 0.25) is 0 Å². The highest BCUT2D eigenvalue weighted by Gasteiger charge is 2.12. The van der Waals surface area contributed by atoms with Crippen molar-refractivity contribution >= 4 is 5.97 Å². The molecule has 0 aliphatic carbocycles. The maximum absolute atomic E-state index is 13.3. The normalized spacial score (nSPS) is 10.3. The molecule has 0 radical (unpaired) electrons. The van der Waals surface area contributed by atoms with Gasteiger partial charge in [0.15, 0.2) is 11.6 Å². The van der Waals surface area contributed by atoms with Gasteiger partial charge in [-0.1, -0.05) is 12.1 Å². The van der Waals surface area contributed by atoms with Gasteiger partial charge in [0.05, 0.1) is 5.56 Å². The number of hydrogen-bond acceptors (Lipinski definition) is 2. The Labute approximate surface area is 112 Å². The molecule has 0 aliphatic heterocycles. The summed E-state index contributed by atoms with van der Waals surface area (Å²) in [5, 5.41) is 8.77. The third-order valence-electron chi connectivity index (χ3n) is 2.57. The molecule has 0 atom stereocenters. The highest BCUT2D eigenvalue weighted by atomic mass is 19.2. The summed E-state index contributed by atoms with van der Waals surface area (Å²) in [6.07, 6.45) is 0. The lowest BCUT2D eigenvalue weighted by molar-refractivity contribution is 0.0691. The fourth-order valence-corrected chi connectivity index (χ4v) is 1.58. The van der Waals surface area contributed by atoms with Crippen LogP contribution in [-0.2, 0) is 6.61 Å². The van der Waals surface area contributed by atoms with E-state index in [-0.39, 0.29) is 12.4 Å². The Morgan fingerprint density at radius 3 is 2.55 bits per heavy atom. The Bertz CT molecular complexity index is 656. The van der Waals surface area contributed by atoms with Crippen LogP contribution in [0.5, 0.6) is 5.75 Å². The first-order valence-electron chi connectivity index (χ1n) is 5.57. The molecule has 3 nitrogen and oxygen atoms in total. The van der Waals surface area contributed by atoms with Gasteiger partial charge >= 0.3 is 5.97 Å². The van der Waals surface area contributed by atoms with Crippen molar-refractivity contribution in [2.24, 2.45) is 0 Å². The number of ether oxygens (including phenoxy) is 1. The minimum Gasteiger partial charge on any atom is -0.486 e. The van der Waals surface area contributed by atoms with Crippen LogP contribution in [0.15, 0.2) is 36.4 Å². The molecule has 0 spiro atoms. The average Bonchev–Trinajstić information content (AvgIpc) is 2.41. The van der Waals surface area contributed by atoms with Gasteiger partial charge in [0, 0.05) is 0 Å². The number of hydrogen-bond donors (Lipinski definition) is 1. The highest BCUT2D eigenvalue weighted by molar-refractivity contribution is 5.88. The maximum Gasteiger partial charge on any atom is 0.338 e. The molecule has 0 amide bonds. The number of halogens is 3. The van der Waals surface area contributed by atoms with Gasteiger partial charge in [-0.15, -0.1) is 0 Å². The van der Waals surface area contributed by atoms with Crippen LogP contribution in [0.4, 0.5) is 13.2 Å². The van der Waals surface area contributed by atoms with E-state index < -0.39 is 29.0 Å². The second-order valence-corrected chi connectivity index (χ2v) is 3.96. The fraction of sp³-hybridized carbons (Fsp3) is 0.0714. The lowest BCUT2D eigenvalue weighted by Gasteiger charge is -2.08. The topological polar surface area (TPSA) is 46.5 Å². The maximum atomic E-state index is 13.3. The molecule has 0 saturated heterocycles. The van der Waals surface area contributed by atoms with E-state index in [1.807, 2.05) is 0 Å². The molecule has 2 rings (SSSR count). The average molecular weight is 282 g/mol. The van der Waals surface area contributed by atoms with E-state index in [2.05, 4.69) is 0 Å². The van der Waals surface area contributed by atoms with Crippen LogP contribution < -0.4 is 4.74 Å². The molecule has 2 aromatic rings. The molecule has 2 aromatic carbocycles. The zero-order valence-corrected chi connectivity index (χ0v) is 10.1. The van der Waals surface area contributed by atoms with Crippen LogP contribution in [0.25, 0.3) is 0 Å². The first kappa shape index (κ1) is 13.9. The van der Waals surface area contributed by atoms with E-state index in [0.717, 1.165) is 18.2 Å². The predicted molar refractivity (Wildman–Crippen MR) is 64.0 cm³/mol. The van der Waals surface area contributed by atoms with Crippen molar-refractivity contribution < 1.29 is 27.8 Å². The van der Waals surface area contributed by atoms with E-state index in [9.17, 15) is 18.0 Å². The molecule has 0 saturated carbocycles. The van der Waals surface area contributed by atoms with Gasteiger partial charge in [0.1, 0.15) is 12.4 Å². The lowest BCUT2D eigenvalue weighted by atomic mass is 10.1. The predicted octanol–water partition coefficient (Wildman–Crippen LogP) is 3.38. The SMILES string of the molecule is O=C(O)c1cc(COc2cccc(F)c2F)ccc1F. The van der Waals surface area contributed by atoms with Crippen molar-refractivity contribution in [1.82, 2.24) is 0 Å². The smallest absolute Gasteiger partial charge is 0.338 e. The zero-order chi connectivity index (χ0) is 14.7. The van der Waals surface area contributed by atoms with Crippen molar-refractivity contribution in [1.29, 1.82) is 0 Å². The first-order chi connectivity index (χ1) is 9.49. The van der Waals surface area contributed by atoms with Gasteiger partial charge in [-0.2, -0.15) is 4.39 Å². The molecule has 0 unspecified atom stereocenters. The van der Waals surface area contributed by atoms with E-state index in [4.69, 9.17) is 9.84 Å². The van der Waals surface area contributed by atoms with E-state index in [0.29, 0.717) is 5.56 Å². The Kier molecular flexibility index (Phi) is 3.93. The number of carboxylic acids is 1. The second-order valence-electron chi connectivity index (χ2n) is 3.96. The first-order valence-corrected chi connectivity index (χ1v) is 5.57. The summed E-state index contributed by atoms with van der Waals surface area (Å²) in [7, 11) is 0. The van der Waals surface area contributed by atoms with E-state index in [1.165, 1.54) is 18.2 Å². The van der Waals surface area contributed by atoms with Crippen molar-refractivity contribution in [3.05, 3.63) is 65.0 Å². The van der Waals surface area contributed by atoms with Crippen LogP contribution in [0.3, 0.4) is 0 Å². The molecular formula is C14H9F3O3. The lowest BCUT2D eigenvalue weighted by Crippen LogP contribution is -2.04. The molecule has 6 heteroatoms. The van der Waals surface area contributed by atoms with Crippen molar-refractivity contribution in [3.8, 4) is 5.75 Å². The number of aromatic carboxylic acids is 1. The van der Waals surface area contributed by atoms with Gasteiger partial charge < -0.3 is 9.84 Å². The van der Waals surface area contributed by atoms with E-state index in [1.54, 1.807) is 0 Å². The summed E-state index contributed by atoms with van der Waals surface area (Å²) in [5.41, 5.74) is -0.182. The molecule has 1 N–H and O–H groups in total. The van der Waals surface area contributed by atoms with Crippen molar-refractivity contribution in [3.63, 3.8) is 0 Å². The van der Waals surface area contributed by atoms with Gasteiger partial charge in [-0.25, -0.2) is 13.6 Å². The Hall–Kier alpha value is -2.50. The number of carboxylic acid groups (broad SMARTS) is 1. The monoisotopic (exact) mass is 282 g/mol. The van der Waals surface area contributed by atoms with Crippen molar-refractivity contribution in [2.45, 2.75) is 6.61 Å². The van der Waals surface area contributed by atoms with Crippen LogP contribution in [-0.4, -0.2) is 11.1 Å². The summed E-state index contributed by atoms with van der Waals surface area (Å²) in [6, 6.07) is 6.82. The Morgan fingerprint density at radius 2 is 1.85 bits per heavy atom. The Morgan fingerprint density at radius 1 is 1.10 bits per heavy atom. The summed E-state index contributed by atoms with van der Waals surface area (Å²) < 4.78 is 44.5. The number of carbonyl (C=O) groups is 1. The fourth-order valence-electron chi connectivity index (χ4n) is 1.58. The molecule has 0 aliphatic rings. The van der Waals surface area contributed by atoms with E-state index >= 15 is 0 Å². The zero-order valence-electron chi connectivity index (χ0n) is 10.1. The summed E-state index contributed by atoms with van der Waals surface area (Å²) >= 11 is 0. The summed E-state index contributed by atoms with van der Waals surface area (Å²) in [5.74, 6) is -4.77. The molecule has 104 valence electrons. The van der Waals surface area contributed by atoms with Crippen LogP contribution in [0.1, 0.15) is 15.9 Å². The molecule has 0 heterocycles. The van der Waals surface area contributed by atoms with Gasteiger partial charge in [0.2, 0.25) is 5.82 Å². The van der Waals surface area contributed by atoms with Crippen LogP contribution >= 0.6 is 0 Å².